The number of hydrogen-bond acceptors (Lipinski definition) is 6. The van der Waals surface area contributed by atoms with E-state index in [-0.39, 0.29) is 5.92 Å². The monoisotopic (exact) mass is 342 g/mol. The van der Waals surface area contributed by atoms with Crippen LogP contribution in [0.15, 0.2) is 21.9 Å². The fraction of sp³-hybridized carbons (Fsp3) is 0.538. The fourth-order valence-corrected chi connectivity index (χ4v) is 4.32. The average molecular weight is 342 g/mol. The summed E-state index contributed by atoms with van der Waals surface area (Å²) >= 11 is 1.54. The molecule has 0 aromatic carbocycles. The van der Waals surface area contributed by atoms with Crippen molar-refractivity contribution < 1.29 is 12.8 Å². The van der Waals surface area contributed by atoms with E-state index in [9.17, 15) is 8.42 Å². The molecule has 1 saturated heterocycles. The van der Waals surface area contributed by atoms with Crippen LogP contribution in [0.4, 0.5) is 0 Å². The van der Waals surface area contributed by atoms with E-state index in [0.717, 1.165) is 17.7 Å². The largest absolute Gasteiger partial charge is 0.420 e. The highest BCUT2D eigenvalue weighted by Gasteiger charge is 2.33. The first-order valence-electron chi connectivity index (χ1n) is 7.03. The highest BCUT2D eigenvalue weighted by atomic mass is 32.2. The third kappa shape index (κ3) is 2.94. The van der Waals surface area contributed by atoms with Gasteiger partial charge in [-0.05, 0) is 24.3 Å². The normalized spacial score (nSPS) is 20.6. The first-order chi connectivity index (χ1) is 10.5. The van der Waals surface area contributed by atoms with Gasteiger partial charge in [0.05, 0.1) is 10.8 Å². The Balaban J connectivity index is 1.78. The molecule has 0 unspecified atom stereocenters. The van der Waals surface area contributed by atoms with Crippen molar-refractivity contribution in [3.63, 3.8) is 0 Å². The Bertz CT molecular complexity index is 724. The molecule has 3 rings (SSSR count). The second-order valence-electron chi connectivity index (χ2n) is 5.41. The maximum Gasteiger partial charge on any atom is 0.281 e. The van der Waals surface area contributed by atoms with Crippen LogP contribution in [0, 0.1) is 0 Å². The van der Waals surface area contributed by atoms with Crippen LogP contribution in [-0.4, -0.2) is 54.4 Å². The van der Waals surface area contributed by atoms with Crippen molar-refractivity contribution in [2.75, 3.05) is 27.2 Å². The Morgan fingerprint density at radius 2 is 2.23 bits per heavy atom. The van der Waals surface area contributed by atoms with E-state index in [4.69, 9.17) is 4.42 Å². The van der Waals surface area contributed by atoms with Gasteiger partial charge in [-0.1, -0.05) is 6.07 Å². The molecule has 0 radical (unpaired) electrons. The van der Waals surface area contributed by atoms with Gasteiger partial charge >= 0.3 is 0 Å². The minimum atomic E-state index is -3.40. The first kappa shape index (κ1) is 15.6. The van der Waals surface area contributed by atoms with Crippen molar-refractivity contribution in [3.8, 4) is 10.8 Å². The Kier molecular flexibility index (Phi) is 4.31. The summed E-state index contributed by atoms with van der Waals surface area (Å²) < 4.78 is 32.9. The molecule has 7 nitrogen and oxygen atoms in total. The second kappa shape index (κ2) is 6.07. The van der Waals surface area contributed by atoms with Gasteiger partial charge in [-0.25, -0.2) is 0 Å². The Labute approximate surface area is 133 Å². The van der Waals surface area contributed by atoms with Crippen molar-refractivity contribution in [1.82, 2.24) is 18.8 Å². The number of rotatable bonds is 4. The molecule has 0 aliphatic carbocycles. The lowest BCUT2D eigenvalue weighted by Crippen LogP contribution is -2.44. The topological polar surface area (TPSA) is 79.5 Å². The average Bonchev–Trinajstić information content (AvgIpc) is 3.18. The molecule has 120 valence electrons. The van der Waals surface area contributed by atoms with Gasteiger partial charge in [0.2, 0.25) is 5.89 Å². The van der Waals surface area contributed by atoms with E-state index in [2.05, 4.69) is 10.2 Å². The third-order valence-corrected chi connectivity index (χ3v) is 6.46. The van der Waals surface area contributed by atoms with Gasteiger partial charge in [0.15, 0.2) is 0 Å². The molecule has 0 bridgehead atoms. The Morgan fingerprint density at radius 1 is 1.41 bits per heavy atom. The Hall–Kier alpha value is -1.29. The third-order valence-electron chi connectivity index (χ3n) is 3.69. The number of nitrogens with zero attached hydrogens (tertiary/aromatic N) is 4. The molecular weight excluding hydrogens is 324 g/mol. The van der Waals surface area contributed by atoms with Crippen LogP contribution in [0.5, 0.6) is 0 Å². The summed E-state index contributed by atoms with van der Waals surface area (Å²) in [5.74, 6) is 0.962. The number of thiophene rings is 1. The van der Waals surface area contributed by atoms with Crippen molar-refractivity contribution >= 4 is 21.5 Å². The molecule has 0 amide bonds. The lowest BCUT2D eigenvalue weighted by Gasteiger charge is -2.31. The lowest BCUT2D eigenvalue weighted by molar-refractivity contribution is 0.274. The summed E-state index contributed by atoms with van der Waals surface area (Å²) in [4.78, 5) is 0.923. The summed E-state index contributed by atoms with van der Waals surface area (Å²) in [5.41, 5.74) is 0. The van der Waals surface area contributed by atoms with Crippen LogP contribution < -0.4 is 0 Å². The van der Waals surface area contributed by atoms with Crippen molar-refractivity contribution in [2.45, 2.75) is 18.8 Å². The van der Waals surface area contributed by atoms with Crippen LogP contribution in [0.25, 0.3) is 10.8 Å². The van der Waals surface area contributed by atoms with Gasteiger partial charge < -0.3 is 4.42 Å². The second-order valence-corrected chi connectivity index (χ2v) is 8.50. The number of piperidine rings is 1. The van der Waals surface area contributed by atoms with Crippen LogP contribution in [0.3, 0.4) is 0 Å². The zero-order chi connectivity index (χ0) is 15.7. The fourth-order valence-electron chi connectivity index (χ4n) is 2.48. The first-order valence-corrected chi connectivity index (χ1v) is 9.31. The standard InChI is InChI=1S/C13H18N4O3S2/c1-16(2)22(18,19)17-7-3-5-10(9-17)12-14-15-13(20-12)11-6-4-8-21-11/h4,6,8,10H,3,5,7,9H2,1-2H3/t10-/m1/s1. The molecule has 2 aromatic rings. The predicted octanol–water partition coefficient (Wildman–Crippen LogP) is 1.78. The van der Waals surface area contributed by atoms with E-state index in [0.29, 0.717) is 24.9 Å². The number of hydrogen-bond donors (Lipinski definition) is 0. The van der Waals surface area contributed by atoms with Crippen LogP contribution in [0.2, 0.25) is 0 Å². The van der Waals surface area contributed by atoms with Crippen molar-refractivity contribution in [1.29, 1.82) is 0 Å². The molecular formula is C13H18N4O3S2. The molecule has 0 N–H and O–H groups in total. The maximum absolute atomic E-state index is 12.2. The molecule has 9 heteroatoms. The highest BCUT2D eigenvalue weighted by molar-refractivity contribution is 7.86. The zero-order valence-corrected chi connectivity index (χ0v) is 14.1. The van der Waals surface area contributed by atoms with Crippen molar-refractivity contribution in [3.05, 3.63) is 23.4 Å². The maximum atomic E-state index is 12.2. The molecule has 0 spiro atoms. The zero-order valence-electron chi connectivity index (χ0n) is 12.5. The molecule has 0 saturated carbocycles. The van der Waals surface area contributed by atoms with E-state index < -0.39 is 10.2 Å². The smallest absolute Gasteiger partial charge is 0.281 e. The van der Waals surface area contributed by atoms with E-state index >= 15 is 0 Å². The summed E-state index contributed by atoms with van der Waals surface area (Å²) in [6, 6.07) is 3.85. The van der Waals surface area contributed by atoms with Gasteiger partial charge in [0, 0.05) is 27.2 Å². The summed E-state index contributed by atoms with van der Waals surface area (Å²) in [6.07, 6.45) is 1.64. The van der Waals surface area contributed by atoms with E-state index in [1.807, 2.05) is 17.5 Å². The molecule has 1 aliphatic heterocycles. The highest BCUT2D eigenvalue weighted by Crippen LogP contribution is 2.31. The number of aromatic nitrogens is 2. The molecule has 2 aromatic heterocycles. The summed E-state index contributed by atoms with van der Waals surface area (Å²) in [5, 5.41) is 10.1. The quantitative estimate of drug-likeness (QED) is 0.846. The predicted molar refractivity (Wildman–Crippen MR) is 83.8 cm³/mol. The van der Waals surface area contributed by atoms with Gasteiger partial charge in [0.25, 0.3) is 16.1 Å². The Morgan fingerprint density at radius 3 is 2.91 bits per heavy atom. The minimum Gasteiger partial charge on any atom is -0.420 e. The summed E-state index contributed by atoms with van der Waals surface area (Å²) in [7, 11) is -0.314. The van der Waals surface area contributed by atoms with Crippen LogP contribution in [0.1, 0.15) is 24.7 Å². The van der Waals surface area contributed by atoms with Crippen LogP contribution >= 0.6 is 11.3 Å². The van der Waals surface area contributed by atoms with Gasteiger partial charge in [0.1, 0.15) is 0 Å². The molecule has 22 heavy (non-hydrogen) atoms. The molecule has 1 atom stereocenters. The SMILES string of the molecule is CN(C)S(=O)(=O)N1CCC[C@@H](c2nnc(-c3cccs3)o2)C1. The van der Waals surface area contributed by atoms with E-state index in [1.54, 1.807) is 14.1 Å². The lowest BCUT2D eigenvalue weighted by atomic mass is 10.00. The van der Waals surface area contributed by atoms with E-state index in [1.165, 1.54) is 19.9 Å². The summed E-state index contributed by atoms with van der Waals surface area (Å²) in [6.45, 7) is 0.912. The molecule has 3 heterocycles. The van der Waals surface area contributed by atoms with Gasteiger partial charge in [-0.15, -0.1) is 21.5 Å². The minimum absolute atomic E-state index is 0.0512. The van der Waals surface area contributed by atoms with Gasteiger partial charge in [-0.3, -0.25) is 0 Å². The molecule has 1 aliphatic rings. The van der Waals surface area contributed by atoms with Crippen LogP contribution in [-0.2, 0) is 10.2 Å². The van der Waals surface area contributed by atoms with Crippen molar-refractivity contribution in [2.24, 2.45) is 0 Å². The molecule has 1 fully saturated rings. The van der Waals surface area contributed by atoms with Gasteiger partial charge in [-0.2, -0.15) is 17.0 Å².